The molecule has 1 aromatic heterocycles. The van der Waals surface area contributed by atoms with Crippen LogP contribution in [0.1, 0.15) is 22.0 Å². The molecule has 0 aliphatic carbocycles. The third-order valence-electron chi connectivity index (χ3n) is 2.38. The van der Waals surface area contributed by atoms with E-state index >= 15 is 0 Å². The van der Waals surface area contributed by atoms with E-state index < -0.39 is 5.97 Å². The SMILES string of the molecule is Cc1ccc(NCc2ncc(C(=O)O)o2)cc1Br. The summed E-state index contributed by atoms with van der Waals surface area (Å²) in [6.07, 6.45) is 1.20. The third kappa shape index (κ3) is 2.89. The van der Waals surface area contributed by atoms with Crippen molar-refractivity contribution in [2.45, 2.75) is 13.5 Å². The molecule has 0 saturated carbocycles. The van der Waals surface area contributed by atoms with Gasteiger partial charge in [0, 0.05) is 10.2 Å². The van der Waals surface area contributed by atoms with Crippen LogP contribution in [0.2, 0.25) is 0 Å². The molecule has 0 atom stereocenters. The number of nitrogens with one attached hydrogen (secondary N) is 1. The molecule has 2 aromatic rings. The second-order valence-corrected chi connectivity index (χ2v) is 4.60. The number of oxazole rings is 1. The lowest BCUT2D eigenvalue weighted by Gasteiger charge is -2.05. The van der Waals surface area contributed by atoms with E-state index in [4.69, 9.17) is 9.52 Å². The number of anilines is 1. The molecule has 18 heavy (non-hydrogen) atoms. The summed E-state index contributed by atoms with van der Waals surface area (Å²) in [7, 11) is 0. The number of halogens is 1. The summed E-state index contributed by atoms with van der Waals surface area (Å²) in [6, 6.07) is 5.85. The first-order valence-electron chi connectivity index (χ1n) is 5.24. The van der Waals surface area contributed by atoms with E-state index in [0.717, 1.165) is 15.7 Å². The molecule has 1 heterocycles. The highest BCUT2D eigenvalue weighted by atomic mass is 79.9. The molecule has 0 unspecified atom stereocenters. The van der Waals surface area contributed by atoms with Crippen LogP contribution in [0.25, 0.3) is 0 Å². The van der Waals surface area contributed by atoms with Gasteiger partial charge in [0.25, 0.3) is 0 Å². The van der Waals surface area contributed by atoms with Crippen LogP contribution in [0.5, 0.6) is 0 Å². The van der Waals surface area contributed by atoms with Crippen molar-refractivity contribution < 1.29 is 14.3 Å². The molecule has 0 bridgehead atoms. The predicted molar refractivity (Wildman–Crippen MR) is 69.7 cm³/mol. The van der Waals surface area contributed by atoms with E-state index in [2.05, 4.69) is 26.2 Å². The molecule has 0 spiro atoms. The minimum absolute atomic E-state index is 0.156. The van der Waals surface area contributed by atoms with Crippen molar-refractivity contribution >= 4 is 27.6 Å². The highest BCUT2D eigenvalue weighted by Crippen LogP contribution is 2.21. The van der Waals surface area contributed by atoms with E-state index in [1.165, 1.54) is 6.20 Å². The summed E-state index contributed by atoms with van der Waals surface area (Å²) in [6.45, 7) is 2.34. The topological polar surface area (TPSA) is 75.4 Å². The Morgan fingerprint density at radius 2 is 2.33 bits per heavy atom. The number of nitrogens with zero attached hydrogens (tertiary/aromatic N) is 1. The Labute approximate surface area is 112 Å². The third-order valence-corrected chi connectivity index (χ3v) is 3.23. The van der Waals surface area contributed by atoms with Crippen LogP contribution in [0.4, 0.5) is 5.69 Å². The van der Waals surface area contributed by atoms with E-state index in [9.17, 15) is 4.79 Å². The molecule has 0 aliphatic heterocycles. The second kappa shape index (κ2) is 5.22. The Kier molecular flexibility index (Phi) is 3.66. The molecular formula is C12H11BrN2O3. The number of rotatable bonds is 4. The van der Waals surface area contributed by atoms with Crippen molar-refractivity contribution in [3.8, 4) is 0 Å². The van der Waals surface area contributed by atoms with Gasteiger partial charge in [-0.3, -0.25) is 0 Å². The molecule has 94 valence electrons. The van der Waals surface area contributed by atoms with Crippen molar-refractivity contribution in [3.05, 3.63) is 46.1 Å². The Bertz CT molecular complexity index is 580. The van der Waals surface area contributed by atoms with Gasteiger partial charge >= 0.3 is 5.97 Å². The molecule has 0 saturated heterocycles. The smallest absolute Gasteiger partial charge is 0.373 e. The number of hydrogen-bond donors (Lipinski definition) is 2. The summed E-state index contributed by atoms with van der Waals surface area (Å²) >= 11 is 3.44. The van der Waals surface area contributed by atoms with Gasteiger partial charge in [0.05, 0.1) is 12.7 Å². The van der Waals surface area contributed by atoms with Crippen LogP contribution in [-0.2, 0) is 6.54 Å². The molecule has 5 nitrogen and oxygen atoms in total. The number of carboxylic acids is 1. The largest absolute Gasteiger partial charge is 0.475 e. The van der Waals surface area contributed by atoms with Gasteiger partial charge in [-0.05, 0) is 24.6 Å². The summed E-state index contributed by atoms with van der Waals surface area (Å²) in [5, 5.41) is 11.8. The molecule has 0 aliphatic rings. The van der Waals surface area contributed by atoms with Gasteiger partial charge in [0.2, 0.25) is 11.7 Å². The van der Waals surface area contributed by atoms with Crippen molar-refractivity contribution in [2.75, 3.05) is 5.32 Å². The lowest BCUT2D eigenvalue weighted by atomic mass is 10.2. The van der Waals surface area contributed by atoms with Crippen LogP contribution in [0, 0.1) is 6.92 Å². The van der Waals surface area contributed by atoms with Crippen LogP contribution in [0.15, 0.2) is 33.3 Å². The molecule has 0 amide bonds. The average Bonchev–Trinajstić information content (AvgIpc) is 2.79. The van der Waals surface area contributed by atoms with Crippen molar-refractivity contribution in [3.63, 3.8) is 0 Å². The van der Waals surface area contributed by atoms with Gasteiger partial charge in [-0.15, -0.1) is 0 Å². The van der Waals surface area contributed by atoms with Crippen LogP contribution in [0.3, 0.4) is 0 Å². The number of aromatic nitrogens is 1. The normalized spacial score (nSPS) is 10.3. The van der Waals surface area contributed by atoms with Crippen molar-refractivity contribution in [1.29, 1.82) is 0 Å². The van der Waals surface area contributed by atoms with Gasteiger partial charge in [-0.2, -0.15) is 0 Å². The Balaban J connectivity index is 2.02. The van der Waals surface area contributed by atoms with Gasteiger partial charge in [0.1, 0.15) is 0 Å². The number of carbonyl (C=O) groups is 1. The average molecular weight is 311 g/mol. The zero-order valence-electron chi connectivity index (χ0n) is 9.61. The Morgan fingerprint density at radius 1 is 1.56 bits per heavy atom. The molecule has 0 fully saturated rings. The summed E-state index contributed by atoms with van der Waals surface area (Å²) in [5.74, 6) is -0.937. The maximum Gasteiger partial charge on any atom is 0.373 e. The monoisotopic (exact) mass is 310 g/mol. The van der Waals surface area contributed by atoms with Crippen molar-refractivity contribution in [1.82, 2.24) is 4.98 Å². The fraction of sp³-hybridized carbons (Fsp3) is 0.167. The van der Waals surface area contributed by atoms with E-state index in [1.807, 2.05) is 25.1 Å². The van der Waals surface area contributed by atoms with E-state index in [-0.39, 0.29) is 5.76 Å². The van der Waals surface area contributed by atoms with Gasteiger partial charge < -0.3 is 14.8 Å². The molecular weight excluding hydrogens is 300 g/mol. The van der Waals surface area contributed by atoms with E-state index in [0.29, 0.717) is 12.4 Å². The standard InChI is InChI=1S/C12H11BrN2O3/c1-7-2-3-8(4-9(7)13)14-6-11-15-5-10(18-11)12(16)17/h2-5,14H,6H2,1H3,(H,16,17). The first kappa shape index (κ1) is 12.6. The number of hydrogen-bond acceptors (Lipinski definition) is 4. The fourth-order valence-corrected chi connectivity index (χ4v) is 1.75. The van der Waals surface area contributed by atoms with E-state index in [1.54, 1.807) is 0 Å². The predicted octanol–water partition coefficient (Wildman–Crippen LogP) is 3.06. The molecule has 6 heteroatoms. The lowest BCUT2D eigenvalue weighted by molar-refractivity contribution is 0.0660. The first-order valence-corrected chi connectivity index (χ1v) is 6.03. The zero-order valence-corrected chi connectivity index (χ0v) is 11.2. The maximum atomic E-state index is 10.6. The number of benzene rings is 1. The number of aromatic carboxylic acids is 1. The zero-order chi connectivity index (χ0) is 13.1. The second-order valence-electron chi connectivity index (χ2n) is 3.74. The molecule has 2 rings (SSSR count). The summed E-state index contributed by atoms with van der Waals surface area (Å²) in [5.41, 5.74) is 2.05. The number of carboxylic acid groups (broad SMARTS) is 1. The fourth-order valence-electron chi connectivity index (χ4n) is 1.37. The minimum Gasteiger partial charge on any atom is -0.475 e. The van der Waals surface area contributed by atoms with Crippen LogP contribution < -0.4 is 5.32 Å². The highest BCUT2D eigenvalue weighted by molar-refractivity contribution is 9.10. The van der Waals surface area contributed by atoms with Gasteiger partial charge in [0.15, 0.2) is 0 Å². The van der Waals surface area contributed by atoms with Crippen LogP contribution in [-0.4, -0.2) is 16.1 Å². The van der Waals surface area contributed by atoms with Crippen molar-refractivity contribution in [2.24, 2.45) is 0 Å². The Morgan fingerprint density at radius 3 is 2.94 bits per heavy atom. The minimum atomic E-state index is -1.12. The summed E-state index contributed by atoms with van der Waals surface area (Å²) in [4.78, 5) is 14.5. The van der Waals surface area contributed by atoms with Crippen LogP contribution >= 0.6 is 15.9 Å². The Hall–Kier alpha value is -1.82. The van der Waals surface area contributed by atoms with Gasteiger partial charge in [-0.25, -0.2) is 9.78 Å². The highest BCUT2D eigenvalue weighted by Gasteiger charge is 2.10. The number of aryl methyl sites for hydroxylation is 1. The maximum absolute atomic E-state index is 10.6. The first-order chi connectivity index (χ1) is 8.56. The van der Waals surface area contributed by atoms with Gasteiger partial charge in [-0.1, -0.05) is 22.0 Å². The molecule has 2 N–H and O–H groups in total. The molecule has 0 radical (unpaired) electrons. The quantitative estimate of drug-likeness (QED) is 0.907. The summed E-state index contributed by atoms with van der Waals surface area (Å²) < 4.78 is 6.04. The lowest BCUT2D eigenvalue weighted by Crippen LogP contribution is -1.99. The molecule has 1 aromatic carbocycles.